The van der Waals surface area contributed by atoms with Gasteiger partial charge in [-0.25, -0.2) is 15.0 Å². The molecule has 0 bridgehead atoms. The summed E-state index contributed by atoms with van der Waals surface area (Å²) in [4.78, 5) is 15.3. The van der Waals surface area contributed by atoms with Gasteiger partial charge >= 0.3 is 0 Å². The molecule has 0 spiro atoms. The summed E-state index contributed by atoms with van der Waals surface area (Å²) in [7, 11) is 0. The Balaban J connectivity index is 1.24. The molecule has 0 atom stereocenters. The van der Waals surface area contributed by atoms with E-state index in [0.717, 1.165) is 39.1 Å². The second-order valence-electron chi connectivity index (χ2n) is 13.6. The van der Waals surface area contributed by atoms with Gasteiger partial charge in [-0.3, -0.25) is 0 Å². The highest BCUT2D eigenvalue weighted by molar-refractivity contribution is 6.30. The highest BCUT2D eigenvalue weighted by Gasteiger charge is 2.23. The Labute approximate surface area is 311 Å². The number of fused-ring (bicyclic) bond motifs is 9. The Morgan fingerprint density at radius 3 is 1.57 bits per heavy atom. The quantitative estimate of drug-likeness (QED) is 0.181. The van der Waals surface area contributed by atoms with Crippen LogP contribution in [0.5, 0.6) is 0 Å². The summed E-state index contributed by atoms with van der Waals surface area (Å²) in [6.45, 7) is 0. The molecule has 5 heteroatoms. The van der Waals surface area contributed by atoms with Gasteiger partial charge in [0, 0.05) is 49.3 Å². The summed E-state index contributed by atoms with van der Waals surface area (Å²) in [5, 5.41) is 7.31. The fraction of sp³-hybridized carbons (Fsp3) is 0. The molecule has 54 heavy (non-hydrogen) atoms. The summed E-state index contributed by atoms with van der Waals surface area (Å²) >= 11 is 0. The molecular weight excluding hydrogens is 659 g/mol. The van der Waals surface area contributed by atoms with Crippen LogP contribution in [0.4, 0.5) is 0 Å². The predicted molar refractivity (Wildman–Crippen MR) is 222 cm³/mol. The van der Waals surface area contributed by atoms with Crippen molar-refractivity contribution in [1.82, 2.24) is 24.1 Å². The number of nitrogens with zero attached hydrogens (tertiary/aromatic N) is 5. The molecule has 0 saturated heterocycles. The minimum absolute atomic E-state index is 0.622. The van der Waals surface area contributed by atoms with Crippen LogP contribution in [0.3, 0.4) is 0 Å². The fourth-order valence-corrected chi connectivity index (χ4v) is 8.22. The molecule has 0 fully saturated rings. The van der Waals surface area contributed by atoms with Gasteiger partial charge in [-0.05, 0) is 47.9 Å². The third-order valence-corrected chi connectivity index (χ3v) is 10.6. The van der Waals surface area contributed by atoms with Crippen LogP contribution >= 0.6 is 0 Å². The van der Waals surface area contributed by atoms with Crippen molar-refractivity contribution in [2.75, 3.05) is 0 Å². The zero-order chi connectivity index (χ0) is 35.6. The van der Waals surface area contributed by atoms with Gasteiger partial charge < -0.3 is 9.13 Å². The largest absolute Gasteiger partial charge is 0.309 e. The zero-order valence-electron chi connectivity index (χ0n) is 29.1. The van der Waals surface area contributed by atoms with Gasteiger partial charge in [0.2, 0.25) is 0 Å². The first-order chi connectivity index (χ1) is 26.8. The van der Waals surface area contributed by atoms with Crippen LogP contribution in [0, 0.1) is 0 Å². The minimum atomic E-state index is 0.622. The van der Waals surface area contributed by atoms with Crippen LogP contribution in [0.2, 0.25) is 0 Å². The number of aromatic nitrogens is 5. The molecule has 0 radical (unpaired) electrons. The average Bonchev–Trinajstić information content (AvgIpc) is 3.78. The first kappa shape index (κ1) is 30.3. The summed E-state index contributed by atoms with van der Waals surface area (Å²) in [5.41, 5.74) is 9.59. The Kier molecular flexibility index (Phi) is 6.79. The summed E-state index contributed by atoms with van der Waals surface area (Å²) in [5.74, 6) is 1.90. The topological polar surface area (TPSA) is 48.5 Å². The highest BCUT2D eigenvalue weighted by atomic mass is 15.1. The Hall–Kier alpha value is -7.37. The predicted octanol–water partition coefficient (Wildman–Crippen LogP) is 12.2. The van der Waals surface area contributed by atoms with Gasteiger partial charge in [-0.15, -0.1) is 0 Å². The van der Waals surface area contributed by atoms with Gasteiger partial charge in [0.1, 0.15) is 0 Å². The number of hydrogen-bond acceptors (Lipinski definition) is 3. The lowest BCUT2D eigenvalue weighted by Crippen LogP contribution is -2.03. The molecule has 3 aromatic heterocycles. The first-order valence-electron chi connectivity index (χ1n) is 18.2. The third-order valence-electron chi connectivity index (χ3n) is 10.6. The van der Waals surface area contributed by atoms with Gasteiger partial charge in [-0.2, -0.15) is 0 Å². The smallest absolute Gasteiger partial charge is 0.166 e. The van der Waals surface area contributed by atoms with Gasteiger partial charge in [0.25, 0.3) is 0 Å². The molecule has 0 aliphatic heterocycles. The SMILES string of the molecule is c1ccc(-c2nc(-c3ccccc3)nc(-c3ccccc3-n3c4ccccc4c4c5c(ccc6c7ccccc7n(-c7ccccc7)c65)ccc43)n2)cc1. The molecule has 0 aliphatic carbocycles. The molecule has 11 rings (SSSR count). The van der Waals surface area contributed by atoms with Crippen molar-refractivity contribution < 1.29 is 0 Å². The second kappa shape index (κ2) is 12.1. The number of benzene rings is 8. The Morgan fingerprint density at radius 2 is 0.870 bits per heavy atom. The molecule has 0 aliphatic rings. The second-order valence-corrected chi connectivity index (χ2v) is 13.6. The molecule has 0 saturated carbocycles. The molecule has 3 heterocycles. The molecule has 11 aromatic rings. The first-order valence-corrected chi connectivity index (χ1v) is 18.2. The third kappa shape index (κ3) is 4.62. The van der Waals surface area contributed by atoms with Gasteiger partial charge in [0.05, 0.1) is 27.8 Å². The summed E-state index contributed by atoms with van der Waals surface area (Å²) in [6.07, 6.45) is 0. The van der Waals surface area contributed by atoms with E-state index in [-0.39, 0.29) is 0 Å². The Bertz CT molecular complexity index is 3140. The molecule has 5 nitrogen and oxygen atoms in total. The van der Waals surface area contributed by atoms with Crippen LogP contribution < -0.4 is 0 Å². The van der Waals surface area contributed by atoms with Crippen LogP contribution in [-0.4, -0.2) is 24.1 Å². The van der Waals surface area contributed by atoms with E-state index in [1.807, 2.05) is 60.7 Å². The average molecular weight is 690 g/mol. The number of hydrogen-bond donors (Lipinski definition) is 0. The van der Waals surface area contributed by atoms with Crippen molar-refractivity contribution in [2.45, 2.75) is 0 Å². The lowest BCUT2D eigenvalue weighted by atomic mass is 10.0. The van der Waals surface area contributed by atoms with E-state index in [1.54, 1.807) is 0 Å². The van der Waals surface area contributed by atoms with Crippen LogP contribution in [-0.2, 0) is 0 Å². The minimum Gasteiger partial charge on any atom is -0.309 e. The van der Waals surface area contributed by atoms with Crippen molar-refractivity contribution >= 4 is 54.4 Å². The monoisotopic (exact) mass is 689 g/mol. The fourth-order valence-electron chi connectivity index (χ4n) is 8.22. The molecule has 0 N–H and O–H groups in total. The molecular formula is C49H31N5. The van der Waals surface area contributed by atoms with E-state index < -0.39 is 0 Å². The Morgan fingerprint density at radius 1 is 0.333 bits per heavy atom. The van der Waals surface area contributed by atoms with Gasteiger partial charge in [-0.1, -0.05) is 146 Å². The lowest BCUT2D eigenvalue weighted by molar-refractivity contribution is 1.06. The van der Waals surface area contributed by atoms with E-state index in [0.29, 0.717) is 17.5 Å². The van der Waals surface area contributed by atoms with Crippen molar-refractivity contribution in [3.8, 4) is 45.5 Å². The number of rotatable bonds is 5. The lowest BCUT2D eigenvalue weighted by Gasteiger charge is -2.15. The molecule has 0 unspecified atom stereocenters. The maximum atomic E-state index is 5.15. The standard InChI is InChI=1S/C49H31N5/c1-4-16-33(17-5-1)47-50-48(34-18-6-2-7-19-34)52-49(51-47)39-24-12-15-27-42(39)54-41-26-14-11-23-38(41)45-43(54)31-29-32-28-30-37-36-22-10-13-25-40(36)53(46(37)44(32)45)35-20-8-3-9-21-35/h1-31H. The number of para-hydroxylation sites is 4. The van der Waals surface area contributed by atoms with Crippen molar-refractivity contribution in [3.05, 3.63) is 188 Å². The summed E-state index contributed by atoms with van der Waals surface area (Å²) in [6, 6.07) is 66.1. The van der Waals surface area contributed by atoms with Crippen LogP contribution in [0.15, 0.2) is 188 Å². The van der Waals surface area contributed by atoms with E-state index in [2.05, 4.69) is 137 Å². The summed E-state index contributed by atoms with van der Waals surface area (Å²) < 4.78 is 4.83. The van der Waals surface area contributed by atoms with Crippen molar-refractivity contribution in [3.63, 3.8) is 0 Å². The van der Waals surface area contributed by atoms with E-state index in [9.17, 15) is 0 Å². The van der Waals surface area contributed by atoms with Crippen molar-refractivity contribution in [2.24, 2.45) is 0 Å². The molecule has 0 amide bonds. The molecule has 8 aromatic carbocycles. The molecule has 252 valence electrons. The van der Waals surface area contributed by atoms with E-state index in [4.69, 9.17) is 15.0 Å². The maximum Gasteiger partial charge on any atom is 0.166 e. The zero-order valence-corrected chi connectivity index (χ0v) is 29.1. The maximum absolute atomic E-state index is 5.15. The van der Waals surface area contributed by atoms with E-state index >= 15 is 0 Å². The van der Waals surface area contributed by atoms with Crippen LogP contribution in [0.1, 0.15) is 0 Å². The van der Waals surface area contributed by atoms with Crippen LogP contribution in [0.25, 0.3) is 99.9 Å². The normalized spacial score (nSPS) is 11.7. The van der Waals surface area contributed by atoms with Crippen molar-refractivity contribution in [1.29, 1.82) is 0 Å². The van der Waals surface area contributed by atoms with E-state index in [1.165, 1.54) is 43.4 Å². The van der Waals surface area contributed by atoms with Gasteiger partial charge in [0.15, 0.2) is 17.5 Å². The highest BCUT2D eigenvalue weighted by Crippen LogP contribution is 2.44.